The highest BCUT2D eigenvalue weighted by Gasteiger charge is 2.26. The van der Waals surface area contributed by atoms with Gasteiger partial charge in [0.1, 0.15) is 5.75 Å². The van der Waals surface area contributed by atoms with Crippen LogP contribution in [0.1, 0.15) is 16.7 Å². The van der Waals surface area contributed by atoms with E-state index in [4.69, 9.17) is 4.74 Å². The van der Waals surface area contributed by atoms with Crippen LogP contribution in [0.5, 0.6) is 5.75 Å². The summed E-state index contributed by atoms with van der Waals surface area (Å²) in [5.74, 6) is 0.742. The van der Waals surface area contributed by atoms with Crippen molar-refractivity contribution >= 4 is 32.4 Å². The van der Waals surface area contributed by atoms with Gasteiger partial charge < -0.3 is 9.64 Å². The Morgan fingerprint density at radius 2 is 1.93 bits per heavy atom. The zero-order chi connectivity index (χ0) is 20.4. The van der Waals surface area contributed by atoms with Crippen molar-refractivity contribution in [3.8, 4) is 5.75 Å². The minimum atomic E-state index is -3.72. The molecule has 150 valence electrons. The number of benzene rings is 2. The molecule has 3 aromatic rings. The summed E-state index contributed by atoms with van der Waals surface area (Å²) in [6.45, 7) is 0.871. The minimum Gasteiger partial charge on any atom is -0.497 e. The second-order valence-electron chi connectivity index (χ2n) is 6.65. The Labute approximate surface area is 173 Å². The molecule has 0 spiro atoms. The molecule has 1 N–H and O–H groups in total. The summed E-state index contributed by atoms with van der Waals surface area (Å²) in [7, 11) is -2.12. The molecule has 0 radical (unpaired) electrons. The lowest BCUT2D eigenvalue weighted by Gasteiger charge is -2.15. The van der Waals surface area contributed by atoms with Crippen LogP contribution in [0.15, 0.2) is 58.9 Å². The molecule has 0 aliphatic carbocycles. The number of nitrogens with zero attached hydrogens (tertiary/aromatic N) is 2. The third-order valence-electron chi connectivity index (χ3n) is 4.73. The molecule has 4 rings (SSSR count). The number of aromatic nitrogens is 1. The fraction of sp³-hybridized carbons (Fsp3) is 0.200. The maximum atomic E-state index is 12.7. The van der Waals surface area contributed by atoms with Crippen LogP contribution in [0.2, 0.25) is 0 Å². The molecule has 2 aromatic carbocycles. The Kier molecular flexibility index (Phi) is 5.25. The number of carbonyl (C=O) groups is 1. The Hall–Kier alpha value is -2.91. The summed E-state index contributed by atoms with van der Waals surface area (Å²) in [5, 5.41) is 2.02. The molecule has 0 bridgehead atoms. The Bertz CT molecular complexity index is 1130. The number of amides is 1. The van der Waals surface area contributed by atoms with Crippen LogP contribution in [-0.4, -0.2) is 31.3 Å². The molecule has 0 unspecified atom stereocenters. The van der Waals surface area contributed by atoms with Crippen molar-refractivity contribution in [2.45, 2.75) is 24.4 Å². The van der Waals surface area contributed by atoms with Crippen molar-refractivity contribution in [3.05, 3.63) is 70.7 Å². The van der Waals surface area contributed by atoms with Gasteiger partial charge in [-0.25, -0.2) is 13.4 Å². The zero-order valence-electron chi connectivity index (χ0n) is 15.7. The highest BCUT2D eigenvalue weighted by atomic mass is 32.2. The van der Waals surface area contributed by atoms with Gasteiger partial charge in [0.2, 0.25) is 5.91 Å². The van der Waals surface area contributed by atoms with E-state index in [-0.39, 0.29) is 17.2 Å². The van der Waals surface area contributed by atoms with Gasteiger partial charge in [0.25, 0.3) is 10.0 Å². The largest absolute Gasteiger partial charge is 0.497 e. The molecule has 0 saturated heterocycles. The smallest absolute Gasteiger partial charge is 0.263 e. The number of nitrogens with one attached hydrogen (secondary N) is 1. The van der Waals surface area contributed by atoms with Crippen molar-refractivity contribution in [3.63, 3.8) is 0 Å². The molecule has 29 heavy (non-hydrogen) atoms. The van der Waals surface area contributed by atoms with Gasteiger partial charge in [0.15, 0.2) is 5.13 Å². The van der Waals surface area contributed by atoms with Crippen LogP contribution in [-0.2, 0) is 34.3 Å². The van der Waals surface area contributed by atoms with E-state index in [0.29, 0.717) is 18.2 Å². The Balaban J connectivity index is 1.45. The van der Waals surface area contributed by atoms with Crippen molar-refractivity contribution in [2.75, 3.05) is 11.8 Å². The van der Waals surface area contributed by atoms with Gasteiger partial charge in [-0.1, -0.05) is 18.2 Å². The number of thiazole rings is 1. The third kappa shape index (κ3) is 4.25. The van der Waals surface area contributed by atoms with Gasteiger partial charge in [-0.2, -0.15) is 0 Å². The number of ether oxygens (including phenoxy) is 1. The van der Waals surface area contributed by atoms with Gasteiger partial charge in [0, 0.05) is 24.7 Å². The molecular formula is C20H19N3O4S2. The van der Waals surface area contributed by atoms with Crippen LogP contribution < -0.4 is 9.46 Å². The molecule has 0 atom stereocenters. The van der Waals surface area contributed by atoms with E-state index in [1.807, 2.05) is 24.3 Å². The van der Waals surface area contributed by atoms with Crippen LogP contribution in [0.3, 0.4) is 0 Å². The van der Waals surface area contributed by atoms with Crippen molar-refractivity contribution < 1.29 is 17.9 Å². The molecule has 1 aromatic heterocycles. The van der Waals surface area contributed by atoms with Gasteiger partial charge in [0.05, 0.1) is 18.4 Å². The van der Waals surface area contributed by atoms with E-state index in [2.05, 4.69) is 9.71 Å². The summed E-state index contributed by atoms with van der Waals surface area (Å²) in [4.78, 5) is 18.5. The third-order valence-corrected chi connectivity index (χ3v) is 6.89. The number of anilines is 1. The highest BCUT2D eigenvalue weighted by molar-refractivity contribution is 7.93. The molecular weight excluding hydrogens is 410 g/mol. The van der Waals surface area contributed by atoms with E-state index in [1.54, 1.807) is 35.6 Å². The monoisotopic (exact) mass is 429 g/mol. The maximum absolute atomic E-state index is 12.7. The lowest BCUT2D eigenvalue weighted by atomic mass is 10.1. The lowest BCUT2D eigenvalue weighted by Crippen LogP contribution is -2.26. The topological polar surface area (TPSA) is 88.6 Å². The van der Waals surface area contributed by atoms with E-state index >= 15 is 0 Å². The zero-order valence-corrected chi connectivity index (χ0v) is 17.3. The summed E-state index contributed by atoms with van der Waals surface area (Å²) < 4.78 is 32.8. The fourth-order valence-electron chi connectivity index (χ4n) is 3.19. The summed E-state index contributed by atoms with van der Waals surface area (Å²) in [6, 6.07) is 12.4. The Morgan fingerprint density at radius 1 is 1.17 bits per heavy atom. The van der Waals surface area contributed by atoms with E-state index < -0.39 is 10.0 Å². The van der Waals surface area contributed by atoms with Crippen LogP contribution >= 0.6 is 11.3 Å². The predicted octanol–water partition coefficient (Wildman–Crippen LogP) is 3.04. The SMILES string of the molecule is COc1ccc(CC(=O)N2Cc3ccc(S(=O)(=O)Nc4nccs4)cc3C2)cc1. The number of rotatable bonds is 6. The summed E-state index contributed by atoms with van der Waals surface area (Å²) in [6.07, 6.45) is 1.83. The number of carbonyl (C=O) groups excluding carboxylic acids is 1. The van der Waals surface area contributed by atoms with Crippen LogP contribution in [0, 0.1) is 0 Å². The average molecular weight is 430 g/mol. The van der Waals surface area contributed by atoms with Gasteiger partial charge in [-0.05, 0) is 41.0 Å². The first kappa shape index (κ1) is 19.4. The summed E-state index contributed by atoms with van der Waals surface area (Å²) in [5.41, 5.74) is 2.71. The summed E-state index contributed by atoms with van der Waals surface area (Å²) >= 11 is 1.22. The van der Waals surface area contributed by atoms with Crippen molar-refractivity contribution in [1.29, 1.82) is 0 Å². The standard InChI is InChI=1S/C20H19N3O4S2/c1-27-17-5-2-14(3-6-17)10-19(24)23-12-15-4-7-18(11-16(15)13-23)29(25,26)22-20-21-8-9-28-20/h2-9,11H,10,12-13H2,1H3,(H,21,22). The number of sulfonamides is 1. The maximum Gasteiger partial charge on any atom is 0.263 e. The van der Waals surface area contributed by atoms with Crippen LogP contribution in [0.25, 0.3) is 0 Å². The first-order valence-electron chi connectivity index (χ1n) is 8.89. The minimum absolute atomic E-state index is 0.00307. The highest BCUT2D eigenvalue weighted by Crippen LogP contribution is 2.27. The number of hydrogen-bond donors (Lipinski definition) is 1. The molecule has 1 amide bonds. The van der Waals surface area contributed by atoms with Crippen LogP contribution in [0.4, 0.5) is 5.13 Å². The van der Waals surface area contributed by atoms with E-state index in [9.17, 15) is 13.2 Å². The lowest BCUT2D eigenvalue weighted by molar-refractivity contribution is -0.131. The molecule has 0 fully saturated rings. The number of fused-ring (bicyclic) bond motifs is 1. The second-order valence-corrected chi connectivity index (χ2v) is 9.22. The molecule has 9 heteroatoms. The van der Waals surface area contributed by atoms with Crippen molar-refractivity contribution in [1.82, 2.24) is 9.88 Å². The molecule has 0 saturated carbocycles. The first-order valence-corrected chi connectivity index (χ1v) is 11.3. The van der Waals surface area contributed by atoms with E-state index in [0.717, 1.165) is 22.4 Å². The molecule has 2 heterocycles. The first-order chi connectivity index (χ1) is 13.9. The molecule has 1 aliphatic heterocycles. The fourth-order valence-corrected chi connectivity index (χ4v) is 5.03. The number of methoxy groups -OCH3 is 1. The van der Waals surface area contributed by atoms with E-state index in [1.165, 1.54) is 17.5 Å². The van der Waals surface area contributed by atoms with Gasteiger partial charge in [-0.3, -0.25) is 9.52 Å². The molecule has 7 nitrogen and oxygen atoms in total. The van der Waals surface area contributed by atoms with Gasteiger partial charge >= 0.3 is 0 Å². The quantitative estimate of drug-likeness (QED) is 0.651. The normalized spacial score (nSPS) is 13.2. The number of hydrogen-bond acceptors (Lipinski definition) is 6. The van der Waals surface area contributed by atoms with Gasteiger partial charge in [-0.15, -0.1) is 11.3 Å². The molecule has 1 aliphatic rings. The van der Waals surface area contributed by atoms with Crippen molar-refractivity contribution in [2.24, 2.45) is 0 Å². The predicted molar refractivity (Wildman–Crippen MR) is 110 cm³/mol. The second kappa shape index (κ2) is 7.84. The Morgan fingerprint density at radius 3 is 2.62 bits per heavy atom. The average Bonchev–Trinajstić information content (AvgIpc) is 3.37.